The first kappa shape index (κ1) is 18.0. The molecule has 1 fully saturated rings. The topological polar surface area (TPSA) is 68.1 Å². The highest BCUT2D eigenvalue weighted by Crippen LogP contribution is 2.33. The standard InChI is InChI=1S/C19H20ClN3O4/c20-16-9-14(19-15(10-16)12-26-13-27-19)11-21-5-7-22(8-6-21)17-3-1-2-4-18(17)23(24)25/h1-4,9-10H,5-8,11-13H2. The van der Waals surface area contributed by atoms with Gasteiger partial charge in [-0.2, -0.15) is 0 Å². The second-order valence-electron chi connectivity index (χ2n) is 6.67. The fourth-order valence-electron chi connectivity index (χ4n) is 3.65. The Bertz CT molecular complexity index is 853. The highest BCUT2D eigenvalue weighted by molar-refractivity contribution is 6.30. The first-order valence-electron chi connectivity index (χ1n) is 8.84. The number of hydrogen-bond acceptors (Lipinski definition) is 6. The highest BCUT2D eigenvalue weighted by atomic mass is 35.5. The predicted molar refractivity (Wildman–Crippen MR) is 102 cm³/mol. The minimum absolute atomic E-state index is 0.156. The molecular weight excluding hydrogens is 370 g/mol. The maximum absolute atomic E-state index is 11.3. The maximum Gasteiger partial charge on any atom is 0.292 e. The molecule has 0 atom stereocenters. The van der Waals surface area contributed by atoms with Gasteiger partial charge in [-0.1, -0.05) is 23.7 Å². The van der Waals surface area contributed by atoms with Crippen LogP contribution >= 0.6 is 11.6 Å². The molecule has 8 heteroatoms. The third-order valence-electron chi connectivity index (χ3n) is 4.94. The van der Waals surface area contributed by atoms with Crippen molar-refractivity contribution in [2.45, 2.75) is 13.2 Å². The molecule has 7 nitrogen and oxygen atoms in total. The van der Waals surface area contributed by atoms with Gasteiger partial charge in [-0.3, -0.25) is 15.0 Å². The van der Waals surface area contributed by atoms with Gasteiger partial charge in [0.15, 0.2) is 6.79 Å². The van der Waals surface area contributed by atoms with Gasteiger partial charge in [0.2, 0.25) is 0 Å². The number of rotatable bonds is 4. The molecule has 2 heterocycles. The molecule has 142 valence electrons. The molecule has 0 saturated carbocycles. The number of anilines is 1. The molecule has 0 N–H and O–H groups in total. The average molecular weight is 390 g/mol. The molecule has 2 aliphatic heterocycles. The lowest BCUT2D eigenvalue weighted by Crippen LogP contribution is -2.46. The van der Waals surface area contributed by atoms with E-state index in [2.05, 4.69) is 9.80 Å². The molecule has 1 saturated heterocycles. The third kappa shape index (κ3) is 3.85. The molecule has 0 aliphatic carbocycles. The van der Waals surface area contributed by atoms with E-state index in [4.69, 9.17) is 21.1 Å². The second-order valence-corrected chi connectivity index (χ2v) is 7.11. The molecule has 0 aromatic heterocycles. The van der Waals surface area contributed by atoms with Crippen LogP contribution in [0, 0.1) is 10.1 Å². The molecule has 0 amide bonds. The largest absolute Gasteiger partial charge is 0.467 e. The quantitative estimate of drug-likeness (QED) is 0.589. The summed E-state index contributed by atoms with van der Waals surface area (Å²) in [6, 6.07) is 10.7. The number of fused-ring (bicyclic) bond motifs is 1. The van der Waals surface area contributed by atoms with Crippen molar-refractivity contribution in [2.24, 2.45) is 0 Å². The van der Waals surface area contributed by atoms with Gasteiger partial charge in [-0.05, 0) is 18.2 Å². The number of benzene rings is 2. The van der Waals surface area contributed by atoms with Gasteiger partial charge in [0, 0.05) is 54.9 Å². The Morgan fingerprint density at radius 3 is 2.70 bits per heavy atom. The summed E-state index contributed by atoms with van der Waals surface area (Å²) in [5, 5.41) is 11.9. The highest BCUT2D eigenvalue weighted by Gasteiger charge is 2.25. The van der Waals surface area contributed by atoms with Crippen LogP contribution in [0.4, 0.5) is 11.4 Å². The van der Waals surface area contributed by atoms with Crippen molar-refractivity contribution in [2.75, 3.05) is 37.9 Å². The van der Waals surface area contributed by atoms with Crippen LogP contribution in [0.2, 0.25) is 5.02 Å². The normalized spacial score (nSPS) is 17.3. The van der Waals surface area contributed by atoms with E-state index in [1.165, 1.54) is 0 Å². The smallest absolute Gasteiger partial charge is 0.292 e. The number of piperazine rings is 1. The van der Waals surface area contributed by atoms with Crippen molar-refractivity contribution >= 4 is 23.0 Å². The average Bonchev–Trinajstić information content (AvgIpc) is 2.68. The molecular formula is C19H20ClN3O4. The maximum atomic E-state index is 11.3. The van der Waals surface area contributed by atoms with Crippen LogP contribution in [0.3, 0.4) is 0 Å². The summed E-state index contributed by atoms with van der Waals surface area (Å²) in [5.74, 6) is 0.867. The van der Waals surface area contributed by atoms with Crippen molar-refractivity contribution in [3.05, 3.63) is 62.7 Å². The van der Waals surface area contributed by atoms with Crippen LogP contribution in [0.5, 0.6) is 5.75 Å². The Morgan fingerprint density at radius 2 is 1.93 bits per heavy atom. The van der Waals surface area contributed by atoms with E-state index < -0.39 is 0 Å². The van der Waals surface area contributed by atoms with Gasteiger partial charge in [-0.15, -0.1) is 0 Å². The molecule has 2 aromatic rings. The monoisotopic (exact) mass is 389 g/mol. The minimum Gasteiger partial charge on any atom is -0.467 e. The van der Waals surface area contributed by atoms with Crippen LogP contribution in [-0.2, 0) is 17.9 Å². The van der Waals surface area contributed by atoms with E-state index in [1.54, 1.807) is 12.1 Å². The Morgan fingerprint density at radius 1 is 1.15 bits per heavy atom. The van der Waals surface area contributed by atoms with Gasteiger partial charge in [0.25, 0.3) is 5.69 Å². The number of ether oxygens (including phenoxy) is 2. The molecule has 0 spiro atoms. The zero-order valence-corrected chi connectivity index (χ0v) is 15.5. The van der Waals surface area contributed by atoms with Crippen molar-refractivity contribution < 1.29 is 14.4 Å². The van der Waals surface area contributed by atoms with Crippen molar-refractivity contribution in [1.82, 2.24) is 4.90 Å². The molecule has 27 heavy (non-hydrogen) atoms. The number of halogens is 1. The van der Waals surface area contributed by atoms with E-state index in [1.807, 2.05) is 24.3 Å². The van der Waals surface area contributed by atoms with Gasteiger partial charge in [-0.25, -0.2) is 0 Å². The van der Waals surface area contributed by atoms with Gasteiger partial charge < -0.3 is 14.4 Å². The summed E-state index contributed by atoms with van der Waals surface area (Å²) in [6.45, 7) is 4.58. The van der Waals surface area contributed by atoms with Gasteiger partial charge in [0.05, 0.1) is 11.5 Å². The summed E-state index contributed by atoms with van der Waals surface area (Å²) in [5.41, 5.74) is 2.87. The van der Waals surface area contributed by atoms with Crippen molar-refractivity contribution in [3.8, 4) is 5.75 Å². The molecule has 4 rings (SSSR count). The summed E-state index contributed by atoms with van der Waals surface area (Å²) in [7, 11) is 0. The van der Waals surface area contributed by atoms with Crippen molar-refractivity contribution in [1.29, 1.82) is 0 Å². The number of nitro groups is 1. The first-order chi connectivity index (χ1) is 13.1. The number of para-hydroxylation sites is 2. The van der Waals surface area contributed by atoms with Gasteiger partial charge in [0.1, 0.15) is 11.4 Å². The van der Waals surface area contributed by atoms with Crippen LogP contribution in [0.25, 0.3) is 0 Å². The van der Waals surface area contributed by atoms with Crippen molar-refractivity contribution in [3.63, 3.8) is 0 Å². The minimum atomic E-state index is -0.320. The number of nitrogens with zero attached hydrogens (tertiary/aromatic N) is 3. The Hall–Kier alpha value is -2.35. The molecule has 0 bridgehead atoms. The third-order valence-corrected chi connectivity index (χ3v) is 5.16. The van der Waals surface area contributed by atoms with E-state index in [0.29, 0.717) is 17.3 Å². The zero-order chi connectivity index (χ0) is 18.8. The molecule has 0 radical (unpaired) electrons. The summed E-state index contributed by atoms with van der Waals surface area (Å²) < 4.78 is 11.0. The Kier molecular flexibility index (Phi) is 5.15. The lowest BCUT2D eigenvalue weighted by atomic mass is 10.1. The second kappa shape index (κ2) is 7.72. The van der Waals surface area contributed by atoms with E-state index >= 15 is 0 Å². The van der Waals surface area contributed by atoms with Gasteiger partial charge >= 0.3 is 0 Å². The van der Waals surface area contributed by atoms with E-state index in [0.717, 1.165) is 49.6 Å². The first-order valence-corrected chi connectivity index (χ1v) is 9.22. The summed E-state index contributed by atoms with van der Waals surface area (Å²) in [4.78, 5) is 15.3. The van der Waals surface area contributed by atoms with Crippen LogP contribution in [0.1, 0.15) is 11.1 Å². The molecule has 0 unspecified atom stereocenters. The van der Waals surface area contributed by atoms with Crippen LogP contribution in [0.15, 0.2) is 36.4 Å². The SMILES string of the molecule is O=[N+]([O-])c1ccccc1N1CCN(Cc2cc(Cl)cc3c2OCOC3)CC1. The van der Waals surface area contributed by atoms with E-state index in [-0.39, 0.29) is 17.4 Å². The summed E-state index contributed by atoms with van der Waals surface area (Å²) >= 11 is 6.25. The summed E-state index contributed by atoms with van der Waals surface area (Å²) in [6.07, 6.45) is 0. The molecule has 2 aromatic carbocycles. The van der Waals surface area contributed by atoms with E-state index in [9.17, 15) is 10.1 Å². The Balaban J connectivity index is 1.45. The number of hydrogen-bond donors (Lipinski definition) is 0. The Labute approximate surface area is 162 Å². The van der Waals surface area contributed by atoms with Crippen LogP contribution in [-0.4, -0.2) is 42.8 Å². The fraction of sp³-hybridized carbons (Fsp3) is 0.368. The lowest BCUT2D eigenvalue weighted by Gasteiger charge is -2.36. The lowest BCUT2D eigenvalue weighted by molar-refractivity contribution is -0.384. The fourth-order valence-corrected chi connectivity index (χ4v) is 3.91. The zero-order valence-electron chi connectivity index (χ0n) is 14.8. The predicted octanol–water partition coefficient (Wildman–Crippen LogP) is 3.44. The van der Waals surface area contributed by atoms with Crippen LogP contribution < -0.4 is 9.64 Å². The molecule has 2 aliphatic rings. The number of nitro benzene ring substituents is 1.